The van der Waals surface area contributed by atoms with Crippen molar-refractivity contribution in [1.29, 1.82) is 0 Å². The number of benzene rings is 3. The fourth-order valence-corrected chi connectivity index (χ4v) is 6.83. The lowest BCUT2D eigenvalue weighted by Crippen LogP contribution is -2.46. The van der Waals surface area contributed by atoms with Gasteiger partial charge in [-0.2, -0.15) is 0 Å². The van der Waals surface area contributed by atoms with Gasteiger partial charge in [-0.25, -0.2) is 13.6 Å². The Bertz CT molecular complexity index is 1670. The molecule has 2 aliphatic rings. The van der Waals surface area contributed by atoms with Crippen LogP contribution in [0.15, 0.2) is 48.5 Å². The monoisotopic (exact) mass is 714 g/mol. The predicted octanol–water partition coefficient (Wildman–Crippen LogP) is 8.22. The second kappa shape index (κ2) is 16.4. The SMILES string of the molecule is CCCCOC(=O)N(C)C[C@]1(c2ccccc2)Oc2cc(F)c(Cl)c(-c3c(C(=O)NC)ccc(OC[C@H](C)OC4CCCCO4)c3F)c2[C@@H]1C. The van der Waals surface area contributed by atoms with E-state index in [0.717, 1.165) is 31.7 Å². The number of hydrogen-bond acceptors (Lipinski definition) is 7. The van der Waals surface area contributed by atoms with Gasteiger partial charge in [-0.05, 0) is 50.3 Å². The highest BCUT2D eigenvalue weighted by atomic mass is 35.5. The number of nitrogens with one attached hydrogen (secondary N) is 1. The van der Waals surface area contributed by atoms with Crippen LogP contribution < -0.4 is 14.8 Å². The van der Waals surface area contributed by atoms with Crippen molar-refractivity contribution in [2.24, 2.45) is 0 Å². The minimum atomic E-state index is -1.26. The fraction of sp³-hybridized carbons (Fsp3) is 0.474. The number of carbonyl (C=O) groups excluding carboxylic acids is 2. The van der Waals surface area contributed by atoms with Crippen molar-refractivity contribution in [1.82, 2.24) is 10.2 Å². The van der Waals surface area contributed by atoms with E-state index in [-0.39, 0.29) is 59.3 Å². The summed E-state index contributed by atoms with van der Waals surface area (Å²) in [6.45, 7) is 6.51. The lowest BCUT2D eigenvalue weighted by molar-refractivity contribution is -0.189. The maximum absolute atomic E-state index is 16.8. The molecular weight excluding hydrogens is 670 g/mol. The molecule has 12 heteroatoms. The van der Waals surface area contributed by atoms with E-state index >= 15 is 8.78 Å². The maximum atomic E-state index is 16.8. The maximum Gasteiger partial charge on any atom is 0.409 e. The highest BCUT2D eigenvalue weighted by Gasteiger charge is 2.51. The Kier molecular flexibility index (Phi) is 12.2. The van der Waals surface area contributed by atoms with Crippen LogP contribution in [-0.4, -0.2) is 69.8 Å². The van der Waals surface area contributed by atoms with Crippen LogP contribution >= 0.6 is 11.6 Å². The van der Waals surface area contributed by atoms with Gasteiger partial charge in [0.1, 0.15) is 18.2 Å². The number of unbranched alkanes of at least 4 members (excludes halogenated alkanes) is 1. The van der Waals surface area contributed by atoms with Crippen LogP contribution in [-0.2, 0) is 19.8 Å². The third kappa shape index (κ3) is 7.70. The van der Waals surface area contributed by atoms with Gasteiger partial charge in [-0.1, -0.05) is 62.2 Å². The fourth-order valence-electron chi connectivity index (χ4n) is 6.57. The highest BCUT2D eigenvalue weighted by molar-refractivity contribution is 6.34. The minimum absolute atomic E-state index is 0.00697. The van der Waals surface area contributed by atoms with Gasteiger partial charge in [0.2, 0.25) is 0 Å². The summed E-state index contributed by atoms with van der Waals surface area (Å²) in [5, 5.41) is 2.16. The van der Waals surface area contributed by atoms with Crippen LogP contribution in [0.1, 0.15) is 80.3 Å². The Balaban J connectivity index is 1.58. The summed E-state index contributed by atoms with van der Waals surface area (Å²) in [6.07, 6.45) is 2.95. The van der Waals surface area contributed by atoms with Gasteiger partial charge in [0.05, 0.1) is 29.8 Å². The van der Waals surface area contributed by atoms with Crippen molar-refractivity contribution in [2.45, 2.75) is 76.8 Å². The molecule has 2 heterocycles. The quantitative estimate of drug-likeness (QED) is 0.178. The number of ether oxygens (including phenoxy) is 5. The van der Waals surface area contributed by atoms with Crippen LogP contribution in [0.3, 0.4) is 0 Å². The van der Waals surface area contributed by atoms with Gasteiger partial charge >= 0.3 is 6.09 Å². The summed E-state index contributed by atoms with van der Waals surface area (Å²) in [7, 11) is 3.02. The zero-order valence-electron chi connectivity index (χ0n) is 29.2. The molecule has 1 fully saturated rings. The molecule has 1 N–H and O–H groups in total. The van der Waals surface area contributed by atoms with Crippen LogP contribution in [0.5, 0.6) is 11.5 Å². The standard InChI is InChI=1S/C38H45ClF2N2O7/c1-6-7-18-47-37(45)43(5)22-38(25-13-9-8-10-14-25)24(3)31-29(50-38)20-27(40)34(39)33(31)32-26(36(44)42-4)16-17-28(35(32)41)48-21-23(2)49-30-15-11-12-19-46-30/h8-10,13-14,16-17,20,23-24,30H,6-7,11-12,15,18-19,21-22H2,1-5H3,(H,42,44)/t23-,24-,30?,38-/m0/s1. The summed E-state index contributed by atoms with van der Waals surface area (Å²) in [6, 6.07) is 13.1. The highest BCUT2D eigenvalue weighted by Crippen LogP contribution is 2.57. The van der Waals surface area contributed by atoms with Gasteiger partial charge in [0.15, 0.2) is 23.5 Å². The molecule has 1 unspecified atom stereocenters. The summed E-state index contributed by atoms with van der Waals surface area (Å²) in [5.41, 5.74) is -0.549. The van der Waals surface area contributed by atoms with Crippen molar-refractivity contribution in [3.8, 4) is 22.6 Å². The first-order chi connectivity index (χ1) is 24.0. The summed E-state index contributed by atoms with van der Waals surface area (Å²) in [5.74, 6) is -3.08. The Labute approximate surface area is 297 Å². The Morgan fingerprint density at radius 3 is 2.58 bits per heavy atom. The number of nitrogens with zero attached hydrogens (tertiary/aromatic N) is 1. The minimum Gasteiger partial charge on any atom is -0.488 e. The van der Waals surface area contributed by atoms with Crippen molar-refractivity contribution in [3.63, 3.8) is 0 Å². The van der Waals surface area contributed by atoms with E-state index in [1.165, 1.54) is 24.1 Å². The van der Waals surface area contributed by atoms with Crippen LogP contribution in [0, 0.1) is 11.6 Å². The van der Waals surface area contributed by atoms with Crippen molar-refractivity contribution in [2.75, 3.05) is 40.5 Å². The van der Waals surface area contributed by atoms with Crippen LogP contribution in [0.2, 0.25) is 5.02 Å². The number of hydrogen-bond donors (Lipinski definition) is 1. The smallest absolute Gasteiger partial charge is 0.409 e. The molecule has 0 aliphatic carbocycles. The first-order valence-corrected chi connectivity index (χ1v) is 17.5. The topological polar surface area (TPSA) is 95.6 Å². The van der Waals surface area contributed by atoms with Gasteiger partial charge in [0, 0.05) is 49.4 Å². The zero-order chi connectivity index (χ0) is 36.0. The molecule has 2 aliphatic heterocycles. The first kappa shape index (κ1) is 37.3. The molecule has 0 saturated carbocycles. The lowest BCUT2D eigenvalue weighted by atomic mass is 9.77. The third-order valence-electron chi connectivity index (χ3n) is 9.24. The Morgan fingerprint density at radius 2 is 1.90 bits per heavy atom. The number of amides is 2. The molecule has 2 amide bonds. The molecule has 4 atom stereocenters. The predicted molar refractivity (Wildman–Crippen MR) is 186 cm³/mol. The van der Waals surface area contributed by atoms with E-state index in [1.54, 1.807) is 14.0 Å². The molecule has 1 saturated heterocycles. The molecule has 0 bridgehead atoms. The molecule has 0 radical (unpaired) electrons. The number of fused-ring (bicyclic) bond motifs is 1. The van der Waals surface area contributed by atoms with E-state index in [2.05, 4.69) is 5.32 Å². The van der Waals surface area contributed by atoms with Crippen molar-refractivity contribution in [3.05, 3.63) is 81.9 Å². The van der Waals surface area contributed by atoms with Gasteiger partial charge in [-0.3, -0.25) is 4.79 Å². The van der Waals surface area contributed by atoms with Crippen LogP contribution in [0.25, 0.3) is 11.1 Å². The second-order valence-corrected chi connectivity index (χ2v) is 13.2. The summed E-state index contributed by atoms with van der Waals surface area (Å²) >= 11 is 6.73. The zero-order valence-corrected chi connectivity index (χ0v) is 29.9. The average molecular weight is 715 g/mol. The van der Waals surface area contributed by atoms with Gasteiger partial charge in [0.25, 0.3) is 5.91 Å². The molecule has 270 valence electrons. The molecule has 0 spiro atoms. The van der Waals surface area contributed by atoms with E-state index in [0.29, 0.717) is 24.2 Å². The number of halogens is 3. The van der Waals surface area contributed by atoms with E-state index in [1.807, 2.05) is 44.2 Å². The molecule has 5 rings (SSSR count). The molecule has 9 nitrogen and oxygen atoms in total. The van der Waals surface area contributed by atoms with E-state index in [4.69, 9.17) is 35.3 Å². The second-order valence-electron chi connectivity index (χ2n) is 12.8. The molecule has 0 aromatic heterocycles. The number of rotatable bonds is 13. The first-order valence-electron chi connectivity index (χ1n) is 17.1. The third-order valence-corrected chi connectivity index (χ3v) is 9.61. The van der Waals surface area contributed by atoms with Crippen LogP contribution in [0.4, 0.5) is 13.6 Å². The van der Waals surface area contributed by atoms with Crippen molar-refractivity contribution >= 4 is 23.6 Å². The Hall–Kier alpha value is -3.93. The number of likely N-dealkylation sites (N-methyl/N-ethyl adjacent to an activating group) is 1. The molecule has 3 aromatic carbocycles. The number of carbonyl (C=O) groups is 2. The van der Waals surface area contributed by atoms with Gasteiger partial charge in [-0.15, -0.1) is 0 Å². The lowest BCUT2D eigenvalue weighted by Gasteiger charge is -2.37. The largest absolute Gasteiger partial charge is 0.488 e. The normalized spacial score (nSPS) is 20.4. The van der Waals surface area contributed by atoms with Crippen molar-refractivity contribution < 1.29 is 42.1 Å². The average Bonchev–Trinajstić information content (AvgIpc) is 3.39. The van der Waals surface area contributed by atoms with Gasteiger partial charge < -0.3 is 33.9 Å². The molecule has 3 aromatic rings. The summed E-state index contributed by atoms with van der Waals surface area (Å²) < 4.78 is 62.3. The molecular formula is C38H45ClF2N2O7. The molecule has 50 heavy (non-hydrogen) atoms. The van der Waals surface area contributed by atoms with E-state index in [9.17, 15) is 9.59 Å². The van der Waals surface area contributed by atoms with E-state index < -0.39 is 41.3 Å². The summed E-state index contributed by atoms with van der Waals surface area (Å²) in [4.78, 5) is 27.7. The Morgan fingerprint density at radius 1 is 1.14 bits per heavy atom.